The third kappa shape index (κ3) is 3.94. The van der Waals surface area contributed by atoms with Crippen LogP contribution in [0.2, 0.25) is 0 Å². The zero-order valence-electron chi connectivity index (χ0n) is 19.6. The lowest BCUT2D eigenvalue weighted by molar-refractivity contribution is 0.102. The average Bonchev–Trinajstić information content (AvgIpc) is 3.36. The molecule has 34 heavy (non-hydrogen) atoms. The number of fused-ring (bicyclic) bond motifs is 1. The molecule has 0 saturated heterocycles. The lowest BCUT2D eigenvalue weighted by atomic mass is 10.0. The Morgan fingerprint density at radius 3 is 2.53 bits per heavy atom. The van der Waals surface area contributed by atoms with Crippen LogP contribution in [-0.4, -0.2) is 35.4 Å². The van der Waals surface area contributed by atoms with Gasteiger partial charge in [0.1, 0.15) is 6.33 Å². The van der Waals surface area contributed by atoms with Gasteiger partial charge in [-0.15, -0.1) is 5.10 Å². The average molecular weight is 452 g/mol. The Kier molecular flexibility index (Phi) is 5.41. The van der Waals surface area contributed by atoms with Gasteiger partial charge >= 0.3 is 0 Å². The second-order valence-corrected chi connectivity index (χ2v) is 8.39. The summed E-state index contributed by atoms with van der Waals surface area (Å²) in [5.74, 6) is -0.0255. The Bertz CT molecular complexity index is 1530. The fourth-order valence-corrected chi connectivity index (χ4v) is 4.19. The number of hydrogen-bond donors (Lipinski definition) is 1. The summed E-state index contributed by atoms with van der Waals surface area (Å²) >= 11 is 0. The summed E-state index contributed by atoms with van der Waals surface area (Å²) in [4.78, 5) is 22.5. The standard InChI is InChI=1S/C26H25N7O/c1-16-9-5-6-10-19(16)14-33-15-27-26(31-33)29-25(34)21-13-23(24-17(2)30-32(4)18(24)3)28-22-12-8-7-11-20(21)22/h5-13,15H,14H2,1-4H3,(H,29,31,34). The van der Waals surface area contributed by atoms with E-state index in [-0.39, 0.29) is 11.9 Å². The summed E-state index contributed by atoms with van der Waals surface area (Å²) in [6, 6.07) is 17.6. The summed E-state index contributed by atoms with van der Waals surface area (Å²) in [6.07, 6.45) is 1.63. The number of aromatic nitrogens is 6. The molecule has 0 saturated carbocycles. The number of amides is 1. The first-order valence-electron chi connectivity index (χ1n) is 11.1. The molecule has 0 bridgehead atoms. The van der Waals surface area contributed by atoms with Crippen molar-refractivity contribution in [2.45, 2.75) is 27.3 Å². The Balaban J connectivity index is 1.48. The largest absolute Gasteiger partial charge is 0.289 e. The molecule has 1 amide bonds. The molecule has 8 heteroatoms. The molecule has 0 unspecified atom stereocenters. The van der Waals surface area contributed by atoms with E-state index in [2.05, 4.69) is 39.6 Å². The fraction of sp³-hybridized carbons (Fsp3) is 0.192. The van der Waals surface area contributed by atoms with Crippen LogP contribution in [0.1, 0.15) is 32.9 Å². The highest BCUT2D eigenvalue weighted by atomic mass is 16.1. The van der Waals surface area contributed by atoms with Crippen molar-refractivity contribution >= 4 is 22.8 Å². The monoisotopic (exact) mass is 451 g/mol. The number of benzene rings is 2. The summed E-state index contributed by atoms with van der Waals surface area (Å²) < 4.78 is 3.54. The van der Waals surface area contributed by atoms with Crippen LogP contribution in [0.5, 0.6) is 0 Å². The quantitative estimate of drug-likeness (QED) is 0.426. The van der Waals surface area contributed by atoms with Crippen LogP contribution in [0.15, 0.2) is 60.9 Å². The van der Waals surface area contributed by atoms with Crippen molar-refractivity contribution in [2.75, 3.05) is 5.32 Å². The minimum absolute atomic E-state index is 0.259. The molecular weight excluding hydrogens is 426 g/mol. The van der Waals surface area contributed by atoms with Crippen LogP contribution in [0, 0.1) is 20.8 Å². The molecular formula is C26H25N7O. The molecule has 0 aliphatic carbocycles. The van der Waals surface area contributed by atoms with Gasteiger partial charge in [-0.2, -0.15) is 5.10 Å². The van der Waals surface area contributed by atoms with E-state index in [9.17, 15) is 4.79 Å². The summed E-state index contributed by atoms with van der Waals surface area (Å²) in [7, 11) is 1.90. The third-order valence-corrected chi connectivity index (χ3v) is 6.08. The van der Waals surface area contributed by atoms with Crippen LogP contribution in [0.3, 0.4) is 0 Å². The van der Waals surface area contributed by atoms with Crippen molar-refractivity contribution in [1.29, 1.82) is 0 Å². The van der Waals surface area contributed by atoms with E-state index in [0.29, 0.717) is 17.8 Å². The van der Waals surface area contributed by atoms with Gasteiger partial charge in [0, 0.05) is 23.7 Å². The van der Waals surface area contributed by atoms with Crippen molar-refractivity contribution in [3.63, 3.8) is 0 Å². The molecule has 170 valence electrons. The molecule has 5 aromatic rings. The van der Waals surface area contributed by atoms with Crippen LogP contribution >= 0.6 is 0 Å². The number of carbonyl (C=O) groups excluding carboxylic acids is 1. The van der Waals surface area contributed by atoms with E-state index in [1.807, 2.05) is 68.0 Å². The highest BCUT2D eigenvalue weighted by Crippen LogP contribution is 2.29. The van der Waals surface area contributed by atoms with Gasteiger partial charge in [0.25, 0.3) is 5.91 Å². The van der Waals surface area contributed by atoms with Crippen molar-refractivity contribution < 1.29 is 4.79 Å². The van der Waals surface area contributed by atoms with E-state index >= 15 is 0 Å². The minimum Gasteiger partial charge on any atom is -0.289 e. The first-order valence-corrected chi connectivity index (χ1v) is 11.1. The van der Waals surface area contributed by atoms with Crippen molar-refractivity contribution in [1.82, 2.24) is 29.5 Å². The van der Waals surface area contributed by atoms with Crippen LogP contribution in [0.4, 0.5) is 5.95 Å². The normalized spacial score (nSPS) is 11.2. The second-order valence-electron chi connectivity index (χ2n) is 8.39. The van der Waals surface area contributed by atoms with Crippen molar-refractivity contribution in [3.8, 4) is 11.3 Å². The predicted molar refractivity (Wildman–Crippen MR) is 132 cm³/mol. The molecule has 8 nitrogen and oxygen atoms in total. The number of anilines is 1. The SMILES string of the molecule is Cc1ccccc1Cn1cnc(NC(=O)c2cc(-c3c(C)nn(C)c3C)nc3ccccc23)n1. The van der Waals surface area contributed by atoms with E-state index in [1.165, 1.54) is 5.56 Å². The molecule has 3 aromatic heterocycles. The number of aryl methyl sites for hydroxylation is 3. The van der Waals surface area contributed by atoms with Gasteiger partial charge in [-0.3, -0.25) is 14.8 Å². The minimum atomic E-state index is -0.285. The first kappa shape index (κ1) is 21.5. The number of nitrogens with one attached hydrogen (secondary N) is 1. The molecule has 0 atom stereocenters. The highest BCUT2D eigenvalue weighted by molar-refractivity contribution is 6.12. The molecule has 5 rings (SSSR count). The van der Waals surface area contributed by atoms with E-state index < -0.39 is 0 Å². The van der Waals surface area contributed by atoms with E-state index in [4.69, 9.17) is 4.98 Å². The molecule has 0 aliphatic heterocycles. The lowest BCUT2D eigenvalue weighted by Gasteiger charge is -2.10. The number of carbonyl (C=O) groups is 1. The molecule has 2 aromatic carbocycles. The fourth-order valence-electron chi connectivity index (χ4n) is 4.19. The maximum Gasteiger partial charge on any atom is 0.258 e. The Hall–Kier alpha value is -4.33. The van der Waals surface area contributed by atoms with Crippen molar-refractivity contribution in [3.05, 3.63) is 89.0 Å². The molecule has 0 aliphatic rings. The number of hydrogen-bond acceptors (Lipinski definition) is 5. The van der Waals surface area contributed by atoms with Crippen molar-refractivity contribution in [2.24, 2.45) is 7.05 Å². The number of pyridine rings is 1. The van der Waals surface area contributed by atoms with Crippen LogP contribution < -0.4 is 5.32 Å². The Labute approximate surface area is 197 Å². The van der Waals surface area contributed by atoms with Gasteiger partial charge in [-0.25, -0.2) is 14.6 Å². The molecule has 1 N–H and O–H groups in total. The zero-order chi connectivity index (χ0) is 23.8. The Morgan fingerprint density at radius 1 is 1.00 bits per heavy atom. The first-order chi connectivity index (χ1) is 16.4. The molecule has 0 fully saturated rings. The zero-order valence-corrected chi connectivity index (χ0v) is 19.6. The number of nitrogens with zero attached hydrogens (tertiary/aromatic N) is 6. The Morgan fingerprint density at radius 2 is 1.76 bits per heavy atom. The van der Waals surface area contributed by atoms with Crippen LogP contribution in [0.25, 0.3) is 22.2 Å². The van der Waals surface area contributed by atoms with Crippen LogP contribution in [-0.2, 0) is 13.6 Å². The predicted octanol–water partition coefficient (Wildman–Crippen LogP) is 4.45. The van der Waals surface area contributed by atoms with Gasteiger partial charge in [0.05, 0.1) is 29.0 Å². The van der Waals surface area contributed by atoms with Gasteiger partial charge in [-0.1, -0.05) is 42.5 Å². The van der Waals surface area contributed by atoms with Gasteiger partial charge in [0.2, 0.25) is 5.95 Å². The number of para-hydroxylation sites is 1. The summed E-state index contributed by atoms with van der Waals surface area (Å²) in [5.41, 5.74) is 7.09. The van der Waals surface area contributed by atoms with Gasteiger partial charge in [-0.05, 0) is 44.0 Å². The van der Waals surface area contributed by atoms with Gasteiger partial charge < -0.3 is 0 Å². The van der Waals surface area contributed by atoms with E-state index in [1.54, 1.807) is 11.0 Å². The second kappa shape index (κ2) is 8.55. The topological polar surface area (TPSA) is 90.5 Å². The molecule has 0 radical (unpaired) electrons. The smallest absolute Gasteiger partial charge is 0.258 e. The summed E-state index contributed by atoms with van der Waals surface area (Å²) in [6.45, 7) is 6.59. The highest BCUT2D eigenvalue weighted by Gasteiger charge is 2.19. The maximum absolute atomic E-state index is 13.4. The van der Waals surface area contributed by atoms with Gasteiger partial charge in [0.15, 0.2) is 0 Å². The summed E-state index contributed by atoms with van der Waals surface area (Å²) in [5, 5.41) is 12.6. The molecule has 3 heterocycles. The lowest BCUT2D eigenvalue weighted by Crippen LogP contribution is -2.14. The number of rotatable bonds is 5. The maximum atomic E-state index is 13.4. The third-order valence-electron chi connectivity index (χ3n) is 6.08. The van der Waals surface area contributed by atoms with E-state index in [0.717, 1.165) is 33.4 Å². The molecule has 0 spiro atoms.